The Hall–Kier alpha value is -0.990. The van der Waals surface area contributed by atoms with Gasteiger partial charge in [-0.15, -0.1) is 0 Å². The topological polar surface area (TPSA) is 0 Å². The molecule has 0 unspecified atom stereocenters. The van der Waals surface area contributed by atoms with Gasteiger partial charge in [-0.3, -0.25) is 0 Å². The standard InChI is InChI=1S/C7H4F8S/c8-7(9,10)5-2-1-3-6(4-5)16(11,12,13,14)15/h1-4H. The molecule has 0 N–H and O–H groups in total. The van der Waals surface area contributed by atoms with Crippen LogP contribution in [0.3, 0.4) is 0 Å². The fourth-order valence-corrected chi connectivity index (χ4v) is 1.60. The van der Waals surface area contributed by atoms with E-state index in [1.54, 1.807) is 0 Å². The van der Waals surface area contributed by atoms with Crippen LogP contribution in [0.25, 0.3) is 0 Å². The van der Waals surface area contributed by atoms with Crippen LogP contribution in [0.2, 0.25) is 0 Å². The molecule has 0 amide bonds. The smallest absolute Gasteiger partial charge is 0.166 e. The van der Waals surface area contributed by atoms with Crippen molar-refractivity contribution in [1.82, 2.24) is 0 Å². The second kappa shape index (κ2) is 2.63. The van der Waals surface area contributed by atoms with Gasteiger partial charge in [0.25, 0.3) is 0 Å². The van der Waals surface area contributed by atoms with Crippen molar-refractivity contribution in [2.24, 2.45) is 0 Å². The first-order chi connectivity index (χ1) is 6.70. The molecule has 0 radical (unpaired) electrons. The molecule has 0 aliphatic heterocycles. The van der Waals surface area contributed by atoms with Crippen LogP contribution in [-0.2, 0) is 6.18 Å². The lowest BCUT2D eigenvalue weighted by Gasteiger charge is -2.40. The van der Waals surface area contributed by atoms with E-state index in [0.29, 0.717) is 0 Å². The second-order valence-electron chi connectivity index (χ2n) is 2.99. The summed E-state index contributed by atoms with van der Waals surface area (Å²) < 4.78 is 96.8. The normalized spacial score (nSPS) is 17.8. The van der Waals surface area contributed by atoms with E-state index >= 15 is 0 Å². The summed E-state index contributed by atoms with van der Waals surface area (Å²) in [7, 11) is -10.0. The molecule has 16 heavy (non-hydrogen) atoms. The highest BCUT2D eigenvalue weighted by Gasteiger charge is 2.65. The molecule has 9 heteroatoms. The Morgan fingerprint density at radius 3 is 1.75 bits per heavy atom. The van der Waals surface area contributed by atoms with Gasteiger partial charge in [-0.05, 0) is 18.2 Å². The predicted octanol–water partition coefficient (Wildman–Crippen LogP) is 5.36. The third-order valence-corrected chi connectivity index (χ3v) is 2.75. The van der Waals surface area contributed by atoms with Gasteiger partial charge in [-0.1, -0.05) is 25.5 Å². The van der Waals surface area contributed by atoms with Crippen LogP contribution in [0.5, 0.6) is 0 Å². The SMILES string of the molecule is FC(F)(F)c1cccc(S(F)(F)(F)(F)F)c1. The first kappa shape index (κ1) is 13.1. The highest BCUT2D eigenvalue weighted by atomic mass is 32.5. The van der Waals surface area contributed by atoms with Crippen molar-refractivity contribution in [2.45, 2.75) is 11.1 Å². The van der Waals surface area contributed by atoms with Crippen molar-refractivity contribution >= 4 is 10.2 Å². The molecule has 0 aliphatic carbocycles. The van der Waals surface area contributed by atoms with E-state index in [2.05, 4.69) is 0 Å². The van der Waals surface area contributed by atoms with Crippen molar-refractivity contribution in [3.05, 3.63) is 29.8 Å². The van der Waals surface area contributed by atoms with E-state index in [1.807, 2.05) is 0 Å². The van der Waals surface area contributed by atoms with Crippen LogP contribution in [0, 0.1) is 0 Å². The Morgan fingerprint density at radius 1 is 0.875 bits per heavy atom. The third kappa shape index (κ3) is 3.00. The zero-order chi connectivity index (χ0) is 12.9. The number of benzene rings is 1. The zero-order valence-corrected chi connectivity index (χ0v) is 8.06. The molecule has 0 aromatic heterocycles. The van der Waals surface area contributed by atoms with Gasteiger partial charge in [0, 0.05) is 0 Å². The minimum Gasteiger partial charge on any atom is -0.166 e. The predicted molar refractivity (Wildman–Crippen MR) is 42.8 cm³/mol. The molecule has 0 spiro atoms. The number of halogens is 8. The monoisotopic (exact) mass is 272 g/mol. The molecule has 0 heterocycles. The summed E-state index contributed by atoms with van der Waals surface area (Å²) in [5.74, 6) is 0. The maximum absolute atomic E-state index is 12.1. The van der Waals surface area contributed by atoms with Crippen molar-refractivity contribution in [2.75, 3.05) is 0 Å². The summed E-state index contributed by atoms with van der Waals surface area (Å²) in [5.41, 5.74) is -1.77. The first-order valence-electron chi connectivity index (χ1n) is 3.61. The number of hydrogen-bond donors (Lipinski definition) is 0. The van der Waals surface area contributed by atoms with E-state index < -0.39 is 32.9 Å². The molecule has 94 valence electrons. The van der Waals surface area contributed by atoms with Gasteiger partial charge in [-0.2, -0.15) is 13.2 Å². The summed E-state index contributed by atoms with van der Waals surface area (Å²) in [6.45, 7) is 0. The zero-order valence-electron chi connectivity index (χ0n) is 7.24. The summed E-state index contributed by atoms with van der Waals surface area (Å²) in [5, 5.41) is 0. The van der Waals surface area contributed by atoms with Crippen LogP contribution in [0.4, 0.5) is 32.6 Å². The van der Waals surface area contributed by atoms with Crippen LogP contribution < -0.4 is 0 Å². The Labute approximate surface area is 84.6 Å². The quantitative estimate of drug-likeness (QED) is 0.603. The molecule has 0 saturated carbocycles. The Kier molecular flexibility index (Phi) is 2.15. The van der Waals surface area contributed by atoms with Crippen molar-refractivity contribution in [1.29, 1.82) is 0 Å². The fraction of sp³-hybridized carbons (Fsp3) is 0.143. The maximum Gasteiger partial charge on any atom is 0.416 e. The van der Waals surface area contributed by atoms with E-state index in [0.717, 1.165) is 0 Å². The summed E-state index contributed by atoms with van der Waals surface area (Å²) in [4.78, 5) is -2.55. The molecular weight excluding hydrogens is 268 g/mol. The molecule has 0 atom stereocenters. The minimum absolute atomic E-state index is 0.0865. The van der Waals surface area contributed by atoms with Gasteiger partial charge >= 0.3 is 16.4 Å². The Bertz CT molecular complexity index is 413. The molecule has 1 aromatic carbocycles. The largest absolute Gasteiger partial charge is 0.416 e. The van der Waals surface area contributed by atoms with Crippen molar-refractivity contribution in [3.63, 3.8) is 0 Å². The van der Waals surface area contributed by atoms with E-state index in [1.165, 1.54) is 0 Å². The average molecular weight is 272 g/mol. The summed E-state index contributed by atoms with van der Waals surface area (Å²) >= 11 is 0. The molecule has 0 aliphatic rings. The lowest BCUT2D eigenvalue weighted by Crippen LogP contribution is -2.10. The van der Waals surface area contributed by atoms with E-state index in [4.69, 9.17) is 0 Å². The van der Waals surface area contributed by atoms with Crippen LogP contribution in [-0.4, -0.2) is 0 Å². The van der Waals surface area contributed by atoms with E-state index in [-0.39, 0.29) is 18.2 Å². The molecular formula is C7H4F8S. The number of hydrogen-bond acceptors (Lipinski definition) is 0. The van der Waals surface area contributed by atoms with Crippen molar-refractivity contribution < 1.29 is 32.6 Å². The average Bonchev–Trinajstić information content (AvgIpc) is 1.99. The molecule has 1 aromatic rings. The number of alkyl halides is 3. The lowest BCUT2D eigenvalue weighted by atomic mass is 10.2. The molecule has 0 nitrogen and oxygen atoms in total. The van der Waals surface area contributed by atoms with Gasteiger partial charge in [0.1, 0.15) is 4.90 Å². The Balaban J connectivity index is 3.43. The van der Waals surface area contributed by atoms with Crippen LogP contribution >= 0.6 is 10.2 Å². The van der Waals surface area contributed by atoms with Crippen LogP contribution in [0.15, 0.2) is 29.2 Å². The summed E-state index contributed by atoms with van der Waals surface area (Å²) in [6, 6.07) is -0.110. The Morgan fingerprint density at radius 2 is 1.38 bits per heavy atom. The molecule has 0 bridgehead atoms. The number of rotatable bonds is 1. The van der Waals surface area contributed by atoms with E-state index in [9.17, 15) is 32.6 Å². The minimum atomic E-state index is -10.0. The summed E-state index contributed by atoms with van der Waals surface area (Å²) in [6.07, 6.45) is -5.10. The third-order valence-electron chi connectivity index (χ3n) is 1.61. The molecule has 0 saturated heterocycles. The maximum atomic E-state index is 12.1. The van der Waals surface area contributed by atoms with Gasteiger partial charge in [0.15, 0.2) is 0 Å². The van der Waals surface area contributed by atoms with Crippen LogP contribution in [0.1, 0.15) is 5.56 Å². The first-order valence-corrected chi connectivity index (χ1v) is 5.57. The van der Waals surface area contributed by atoms with Gasteiger partial charge in [0.05, 0.1) is 5.56 Å². The fourth-order valence-electron chi connectivity index (χ4n) is 0.912. The van der Waals surface area contributed by atoms with Gasteiger partial charge in [-0.25, -0.2) is 0 Å². The van der Waals surface area contributed by atoms with Gasteiger partial charge < -0.3 is 0 Å². The second-order valence-corrected chi connectivity index (χ2v) is 5.40. The van der Waals surface area contributed by atoms with Crippen molar-refractivity contribution in [3.8, 4) is 0 Å². The molecule has 0 fully saturated rings. The molecule has 1 rings (SSSR count). The van der Waals surface area contributed by atoms with Gasteiger partial charge in [0.2, 0.25) is 0 Å². The highest BCUT2D eigenvalue weighted by molar-refractivity contribution is 8.45. The lowest BCUT2D eigenvalue weighted by molar-refractivity contribution is -0.137. The highest BCUT2D eigenvalue weighted by Crippen LogP contribution is 3.02.